The van der Waals surface area contributed by atoms with Gasteiger partial charge in [0.15, 0.2) is 5.96 Å². The summed E-state index contributed by atoms with van der Waals surface area (Å²) in [6.07, 6.45) is 4.00. The number of pyridine rings is 1. The molecule has 0 unspecified atom stereocenters. The highest BCUT2D eigenvalue weighted by atomic mass is 127. The van der Waals surface area contributed by atoms with Crippen molar-refractivity contribution in [1.82, 2.24) is 15.2 Å². The van der Waals surface area contributed by atoms with E-state index in [9.17, 15) is 0 Å². The molecular formula is C16H28IN5S. The average molecular weight is 449 g/mol. The number of halogens is 1. The summed E-state index contributed by atoms with van der Waals surface area (Å²) in [4.78, 5) is 13.5. The van der Waals surface area contributed by atoms with Crippen LogP contribution in [0.3, 0.4) is 0 Å². The first kappa shape index (κ1) is 20.3. The first-order valence-electron chi connectivity index (χ1n) is 7.72. The molecule has 1 N–H and O–H groups in total. The summed E-state index contributed by atoms with van der Waals surface area (Å²) in [5.74, 6) is 2.07. The number of guanidine groups is 1. The molecule has 130 valence electrons. The van der Waals surface area contributed by atoms with Gasteiger partial charge in [-0.05, 0) is 32.2 Å². The van der Waals surface area contributed by atoms with Gasteiger partial charge >= 0.3 is 0 Å². The molecule has 0 aliphatic carbocycles. The van der Waals surface area contributed by atoms with Gasteiger partial charge in [-0.1, -0.05) is 6.07 Å². The molecule has 0 amide bonds. The Morgan fingerprint density at radius 1 is 1.30 bits per heavy atom. The largest absolute Gasteiger partial charge is 0.355 e. The molecule has 2 rings (SSSR count). The first-order chi connectivity index (χ1) is 10.6. The molecule has 1 aromatic rings. The van der Waals surface area contributed by atoms with E-state index in [1.165, 1.54) is 0 Å². The summed E-state index contributed by atoms with van der Waals surface area (Å²) in [6.45, 7) is 9.30. The number of nitrogens with one attached hydrogen (secondary N) is 1. The predicted molar refractivity (Wildman–Crippen MR) is 112 cm³/mol. The molecule has 0 spiro atoms. The van der Waals surface area contributed by atoms with Crippen molar-refractivity contribution in [3.8, 4) is 0 Å². The Balaban J connectivity index is 0.00000264. The molecule has 0 bridgehead atoms. The van der Waals surface area contributed by atoms with Crippen LogP contribution in [0.5, 0.6) is 0 Å². The van der Waals surface area contributed by atoms with Crippen LogP contribution in [0.4, 0.5) is 5.82 Å². The number of piperazine rings is 1. The summed E-state index contributed by atoms with van der Waals surface area (Å²) < 4.78 is 0.214. The third-order valence-corrected chi connectivity index (χ3v) is 5.24. The smallest absolute Gasteiger partial charge is 0.193 e. The minimum atomic E-state index is 0. The van der Waals surface area contributed by atoms with Gasteiger partial charge in [0.2, 0.25) is 0 Å². The lowest BCUT2D eigenvalue weighted by molar-refractivity contribution is 0.370. The molecule has 2 heterocycles. The molecule has 1 aromatic heterocycles. The van der Waals surface area contributed by atoms with Crippen LogP contribution in [-0.4, -0.2) is 66.6 Å². The Bertz CT molecular complexity index is 487. The van der Waals surface area contributed by atoms with E-state index in [1.807, 2.05) is 37.1 Å². The third-order valence-electron chi connectivity index (χ3n) is 3.99. The number of rotatable bonds is 4. The maximum atomic E-state index is 4.43. The van der Waals surface area contributed by atoms with Crippen molar-refractivity contribution < 1.29 is 0 Å². The zero-order chi connectivity index (χ0) is 16.0. The summed E-state index contributed by atoms with van der Waals surface area (Å²) in [5.41, 5.74) is 0. The summed E-state index contributed by atoms with van der Waals surface area (Å²) in [7, 11) is 1.86. The van der Waals surface area contributed by atoms with E-state index in [2.05, 4.69) is 51.3 Å². The molecule has 1 aliphatic rings. The van der Waals surface area contributed by atoms with Crippen LogP contribution in [-0.2, 0) is 0 Å². The molecule has 0 atom stereocenters. The molecule has 1 saturated heterocycles. The van der Waals surface area contributed by atoms with Crippen molar-refractivity contribution in [1.29, 1.82) is 0 Å². The van der Waals surface area contributed by atoms with Crippen LogP contribution in [0.15, 0.2) is 29.4 Å². The molecule has 0 aromatic carbocycles. The van der Waals surface area contributed by atoms with Crippen LogP contribution < -0.4 is 10.2 Å². The van der Waals surface area contributed by atoms with Crippen LogP contribution in [0, 0.1) is 0 Å². The first-order valence-corrected chi connectivity index (χ1v) is 8.95. The Morgan fingerprint density at radius 2 is 2.00 bits per heavy atom. The van der Waals surface area contributed by atoms with E-state index < -0.39 is 0 Å². The number of thioether (sulfide) groups is 1. The number of anilines is 1. The highest BCUT2D eigenvalue weighted by Gasteiger charge is 2.22. The highest BCUT2D eigenvalue weighted by molar-refractivity contribution is 14.0. The highest BCUT2D eigenvalue weighted by Crippen LogP contribution is 2.19. The summed E-state index contributed by atoms with van der Waals surface area (Å²) >= 11 is 1.87. The fraction of sp³-hybridized carbons (Fsp3) is 0.625. The number of hydrogen-bond acceptors (Lipinski definition) is 4. The SMILES string of the molecule is CN=C(NCC(C)(C)SC)N1CCN(c2ccccn2)CC1.I. The lowest BCUT2D eigenvalue weighted by Gasteiger charge is -2.37. The Hall–Kier alpha value is -0.700. The van der Waals surface area contributed by atoms with E-state index >= 15 is 0 Å². The molecular weight excluding hydrogens is 421 g/mol. The topological polar surface area (TPSA) is 43.8 Å². The van der Waals surface area contributed by atoms with Crippen LogP contribution in [0.2, 0.25) is 0 Å². The molecule has 23 heavy (non-hydrogen) atoms. The van der Waals surface area contributed by atoms with Gasteiger partial charge < -0.3 is 15.1 Å². The van der Waals surface area contributed by atoms with Crippen molar-refractivity contribution in [2.75, 3.05) is 50.9 Å². The minimum absolute atomic E-state index is 0. The van der Waals surface area contributed by atoms with Gasteiger partial charge in [0.1, 0.15) is 5.82 Å². The summed E-state index contributed by atoms with van der Waals surface area (Å²) in [5, 5.41) is 3.51. The van der Waals surface area contributed by atoms with Crippen LogP contribution in [0.1, 0.15) is 13.8 Å². The Labute approximate surface area is 161 Å². The van der Waals surface area contributed by atoms with Crippen molar-refractivity contribution in [3.63, 3.8) is 0 Å². The maximum Gasteiger partial charge on any atom is 0.193 e. The maximum absolute atomic E-state index is 4.43. The van der Waals surface area contributed by atoms with E-state index in [0.29, 0.717) is 0 Å². The van der Waals surface area contributed by atoms with E-state index in [1.54, 1.807) is 0 Å². The predicted octanol–water partition coefficient (Wildman–Crippen LogP) is 2.54. The van der Waals surface area contributed by atoms with Crippen molar-refractivity contribution in [3.05, 3.63) is 24.4 Å². The molecule has 0 radical (unpaired) electrons. The summed E-state index contributed by atoms with van der Waals surface area (Å²) in [6, 6.07) is 6.07. The fourth-order valence-electron chi connectivity index (χ4n) is 2.38. The number of aromatic nitrogens is 1. The van der Waals surface area contributed by atoms with Crippen molar-refractivity contribution in [2.45, 2.75) is 18.6 Å². The Kier molecular flexibility index (Phi) is 8.46. The van der Waals surface area contributed by atoms with Gasteiger partial charge in [0.25, 0.3) is 0 Å². The zero-order valence-electron chi connectivity index (χ0n) is 14.5. The molecule has 0 saturated carbocycles. The van der Waals surface area contributed by atoms with Gasteiger partial charge in [-0.3, -0.25) is 4.99 Å². The Morgan fingerprint density at radius 3 is 2.52 bits per heavy atom. The fourth-order valence-corrected chi connectivity index (χ4v) is 2.60. The number of hydrogen-bond donors (Lipinski definition) is 1. The van der Waals surface area contributed by atoms with Crippen LogP contribution >= 0.6 is 35.7 Å². The molecule has 7 heteroatoms. The number of nitrogens with zero attached hydrogens (tertiary/aromatic N) is 4. The van der Waals surface area contributed by atoms with Crippen molar-refractivity contribution >= 4 is 47.5 Å². The van der Waals surface area contributed by atoms with Gasteiger partial charge in [-0.2, -0.15) is 11.8 Å². The van der Waals surface area contributed by atoms with Gasteiger partial charge in [-0.25, -0.2) is 4.98 Å². The monoisotopic (exact) mass is 449 g/mol. The molecule has 1 aliphatic heterocycles. The van der Waals surface area contributed by atoms with E-state index in [0.717, 1.165) is 44.5 Å². The standard InChI is InChI=1S/C16H27N5S.HI/c1-16(2,22-4)13-19-15(17-3)21-11-9-20(10-12-21)14-7-5-6-8-18-14;/h5-8H,9-13H2,1-4H3,(H,17,19);1H. The van der Waals surface area contributed by atoms with E-state index in [4.69, 9.17) is 0 Å². The van der Waals surface area contributed by atoms with Crippen molar-refractivity contribution in [2.24, 2.45) is 4.99 Å². The van der Waals surface area contributed by atoms with E-state index in [-0.39, 0.29) is 28.7 Å². The second kappa shape index (κ2) is 9.56. The number of aliphatic imine (C=N–C) groups is 1. The minimum Gasteiger partial charge on any atom is -0.355 e. The quantitative estimate of drug-likeness (QED) is 0.435. The average Bonchev–Trinajstić information content (AvgIpc) is 2.57. The van der Waals surface area contributed by atoms with Gasteiger partial charge in [-0.15, -0.1) is 24.0 Å². The molecule has 5 nitrogen and oxygen atoms in total. The lowest BCUT2D eigenvalue weighted by Crippen LogP contribution is -2.54. The van der Waals surface area contributed by atoms with Crippen LogP contribution in [0.25, 0.3) is 0 Å². The zero-order valence-corrected chi connectivity index (χ0v) is 17.6. The lowest BCUT2D eigenvalue weighted by atomic mass is 10.2. The van der Waals surface area contributed by atoms with Gasteiger partial charge in [0, 0.05) is 50.7 Å². The molecule has 1 fully saturated rings. The second-order valence-electron chi connectivity index (χ2n) is 6.03. The normalized spacial score (nSPS) is 16.1. The third kappa shape index (κ3) is 6.02. The van der Waals surface area contributed by atoms with Gasteiger partial charge in [0.05, 0.1) is 0 Å². The second-order valence-corrected chi connectivity index (χ2v) is 7.54.